The summed E-state index contributed by atoms with van der Waals surface area (Å²) in [6.07, 6.45) is 8.08. The van der Waals surface area contributed by atoms with E-state index < -0.39 is 0 Å². The molecule has 0 radical (unpaired) electrons. The van der Waals surface area contributed by atoms with E-state index in [1.165, 1.54) is 19.4 Å². The lowest BCUT2D eigenvalue weighted by Gasteiger charge is -2.12. The zero-order valence-corrected chi connectivity index (χ0v) is 8.77. The molecule has 0 aliphatic heterocycles. The highest BCUT2D eigenvalue weighted by Gasteiger charge is 2.00. The standard InChI is InChI=1S/C11H23N/c1-4-7-8-9-12-10-11(5-2)6-3/h4,7,11-12H,5-6,8-10H2,1-3H3/b7-4+. The first-order valence-electron chi connectivity index (χ1n) is 5.16. The molecule has 1 heteroatoms. The fourth-order valence-corrected chi connectivity index (χ4v) is 1.24. The van der Waals surface area contributed by atoms with Crippen molar-refractivity contribution in [3.8, 4) is 0 Å². The third-order valence-corrected chi connectivity index (χ3v) is 2.31. The minimum Gasteiger partial charge on any atom is -0.316 e. The smallest absolute Gasteiger partial charge is 0.00142 e. The van der Waals surface area contributed by atoms with E-state index in [4.69, 9.17) is 0 Å². The van der Waals surface area contributed by atoms with Crippen molar-refractivity contribution in [3.63, 3.8) is 0 Å². The molecule has 0 atom stereocenters. The monoisotopic (exact) mass is 169 g/mol. The van der Waals surface area contributed by atoms with Crippen molar-refractivity contribution in [3.05, 3.63) is 12.2 Å². The Kier molecular flexibility index (Phi) is 8.57. The van der Waals surface area contributed by atoms with Crippen molar-refractivity contribution < 1.29 is 0 Å². The molecule has 0 rings (SSSR count). The van der Waals surface area contributed by atoms with Crippen molar-refractivity contribution in [2.45, 2.75) is 40.0 Å². The fraction of sp³-hybridized carbons (Fsp3) is 0.818. The lowest BCUT2D eigenvalue weighted by atomic mass is 10.0. The van der Waals surface area contributed by atoms with Crippen LogP contribution in [0, 0.1) is 5.92 Å². The first kappa shape index (κ1) is 11.7. The van der Waals surface area contributed by atoms with Gasteiger partial charge in [0.25, 0.3) is 0 Å². The van der Waals surface area contributed by atoms with Gasteiger partial charge in [0.2, 0.25) is 0 Å². The zero-order chi connectivity index (χ0) is 9.23. The minimum atomic E-state index is 0.871. The predicted octanol–water partition coefficient (Wildman–Crippen LogP) is 2.98. The summed E-state index contributed by atoms with van der Waals surface area (Å²) in [6.45, 7) is 8.91. The largest absolute Gasteiger partial charge is 0.316 e. The van der Waals surface area contributed by atoms with Gasteiger partial charge in [-0.25, -0.2) is 0 Å². The summed E-state index contributed by atoms with van der Waals surface area (Å²) < 4.78 is 0. The van der Waals surface area contributed by atoms with Crippen LogP contribution in [0.15, 0.2) is 12.2 Å². The molecule has 0 aromatic carbocycles. The van der Waals surface area contributed by atoms with Crippen molar-refractivity contribution in [1.82, 2.24) is 5.32 Å². The number of hydrogen-bond acceptors (Lipinski definition) is 1. The van der Waals surface area contributed by atoms with E-state index in [0.29, 0.717) is 0 Å². The van der Waals surface area contributed by atoms with Crippen LogP contribution >= 0.6 is 0 Å². The maximum atomic E-state index is 3.47. The van der Waals surface area contributed by atoms with Crippen LogP contribution < -0.4 is 5.32 Å². The van der Waals surface area contributed by atoms with Crippen LogP contribution in [0.5, 0.6) is 0 Å². The number of allylic oxidation sites excluding steroid dienone is 1. The molecule has 0 aromatic rings. The third kappa shape index (κ3) is 6.41. The summed E-state index contributed by atoms with van der Waals surface area (Å²) >= 11 is 0. The van der Waals surface area contributed by atoms with E-state index in [9.17, 15) is 0 Å². The lowest BCUT2D eigenvalue weighted by molar-refractivity contribution is 0.453. The Labute approximate surface area is 77.2 Å². The van der Waals surface area contributed by atoms with Crippen LogP contribution in [0.1, 0.15) is 40.0 Å². The van der Waals surface area contributed by atoms with Crippen LogP contribution in [0.2, 0.25) is 0 Å². The number of nitrogens with one attached hydrogen (secondary N) is 1. The molecule has 0 unspecified atom stereocenters. The van der Waals surface area contributed by atoms with Gasteiger partial charge in [-0.05, 0) is 32.4 Å². The summed E-state index contributed by atoms with van der Waals surface area (Å²) in [4.78, 5) is 0. The predicted molar refractivity (Wildman–Crippen MR) is 56.4 cm³/mol. The van der Waals surface area contributed by atoms with E-state index in [0.717, 1.165) is 18.9 Å². The molecule has 0 bridgehead atoms. The van der Waals surface area contributed by atoms with Gasteiger partial charge in [0.1, 0.15) is 0 Å². The van der Waals surface area contributed by atoms with E-state index in [-0.39, 0.29) is 0 Å². The van der Waals surface area contributed by atoms with Crippen molar-refractivity contribution in [2.24, 2.45) is 5.92 Å². The summed E-state index contributed by atoms with van der Waals surface area (Å²) in [5, 5.41) is 3.47. The molecule has 0 aliphatic rings. The Balaban J connectivity index is 3.17. The maximum absolute atomic E-state index is 3.47. The van der Waals surface area contributed by atoms with Gasteiger partial charge >= 0.3 is 0 Å². The summed E-state index contributed by atoms with van der Waals surface area (Å²) in [6, 6.07) is 0. The molecule has 72 valence electrons. The van der Waals surface area contributed by atoms with E-state index in [1.807, 2.05) is 0 Å². The van der Waals surface area contributed by atoms with Gasteiger partial charge in [0.05, 0.1) is 0 Å². The van der Waals surface area contributed by atoms with Crippen LogP contribution in [0.25, 0.3) is 0 Å². The third-order valence-electron chi connectivity index (χ3n) is 2.31. The SMILES string of the molecule is C/C=C/CCNCC(CC)CC. The molecule has 12 heavy (non-hydrogen) atoms. The van der Waals surface area contributed by atoms with Crippen LogP contribution in [0.3, 0.4) is 0 Å². The Morgan fingerprint density at radius 2 is 1.92 bits per heavy atom. The van der Waals surface area contributed by atoms with Gasteiger partial charge in [-0.1, -0.05) is 38.8 Å². The molecule has 0 aliphatic carbocycles. The Hall–Kier alpha value is -0.300. The normalized spacial score (nSPS) is 11.7. The molecule has 0 saturated carbocycles. The summed E-state index contributed by atoms with van der Waals surface area (Å²) in [5.74, 6) is 0.871. The zero-order valence-electron chi connectivity index (χ0n) is 8.77. The topological polar surface area (TPSA) is 12.0 Å². The minimum absolute atomic E-state index is 0.871. The molecule has 0 amide bonds. The summed E-state index contributed by atoms with van der Waals surface area (Å²) in [5.41, 5.74) is 0. The molecule has 0 heterocycles. The first-order valence-corrected chi connectivity index (χ1v) is 5.16. The highest BCUT2D eigenvalue weighted by molar-refractivity contribution is 4.77. The van der Waals surface area contributed by atoms with Crippen LogP contribution in [-0.4, -0.2) is 13.1 Å². The quantitative estimate of drug-likeness (QED) is 0.456. The molecule has 0 fully saturated rings. The second-order valence-electron chi connectivity index (χ2n) is 3.24. The fourth-order valence-electron chi connectivity index (χ4n) is 1.24. The molecule has 0 saturated heterocycles. The Morgan fingerprint density at radius 3 is 2.42 bits per heavy atom. The van der Waals surface area contributed by atoms with Gasteiger partial charge < -0.3 is 5.32 Å². The highest BCUT2D eigenvalue weighted by Crippen LogP contribution is 2.04. The van der Waals surface area contributed by atoms with E-state index >= 15 is 0 Å². The van der Waals surface area contributed by atoms with E-state index in [2.05, 4.69) is 38.2 Å². The average molecular weight is 169 g/mol. The van der Waals surface area contributed by atoms with Gasteiger partial charge in [0.15, 0.2) is 0 Å². The molecular weight excluding hydrogens is 146 g/mol. The number of hydrogen-bond donors (Lipinski definition) is 1. The van der Waals surface area contributed by atoms with Gasteiger partial charge in [-0.15, -0.1) is 0 Å². The number of rotatable bonds is 7. The second kappa shape index (κ2) is 8.79. The molecule has 1 N–H and O–H groups in total. The Bertz CT molecular complexity index is 104. The first-order chi connectivity index (χ1) is 5.85. The van der Waals surface area contributed by atoms with Crippen LogP contribution in [0.4, 0.5) is 0 Å². The van der Waals surface area contributed by atoms with Crippen molar-refractivity contribution in [2.75, 3.05) is 13.1 Å². The molecule has 1 nitrogen and oxygen atoms in total. The van der Waals surface area contributed by atoms with E-state index in [1.54, 1.807) is 0 Å². The van der Waals surface area contributed by atoms with Gasteiger partial charge in [0, 0.05) is 0 Å². The molecule has 0 aromatic heterocycles. The molecular formula is C11H23N. The second-order valence-corrected chi connectivity index (χ2v) is 3.24. The summed E-state index contributed by atoms with van der Waals surface area (Å²) in [7, 11) is 0. The van der Waals surface area contributed by atoms with Crippen molar-refractivity contribution in [1.29, 1.82) is 0 Å². The Morgan fingerprint density at radius 1 is 1.25 bits per heavy atom. The maximum Gasteiger partial charge on any atom is -0.00142 e. The molecule has 0 spiro atoms. The van der Waals surface area contributed by atoms with Gasteiger partial charge in [-0.2, -0.15) is 0 Å². The highest BCUT2D eigenvalue weighted by atomic mass is 14.8. The average Bonchev–Trinajstić information content (AvgIpc) is 2.11. The van der Waals surface area contributed by atoms with Gasteiger partial charge in [-0.3, -0.25) is 0 Å². The lowest BCUT2D eigenvalue weighted by Crippen LogP contribution is -2.22. The van der Waals surface area contributed by atoms with Crippen molar-refractivity contribution >= 4 is 0 Å². The van der Waals surface area contributed by atoms with Crippen LogP contribution in [-0.2, 0) is 0 Å².